The maximum atomic E-state index is 12.0. The lowest BCUT2D eigenvalue weighted by Gasteiger charge is -2.16. The summed E-state index contributed by atoms with van der Waals surface area (Å²) in [6, 6.07) is 7.57. The van der Waals surface area contributed by atoms with Crippen LogP contribution in [0.2, 0.25) is 0 Å². The number of carboxylic acids is 1. The van der Waals surface area contributed by atoms with Gasteiger partial charge in [0.25, 0.3) is 0 Å². The Bertz CT molecular complexity index is 714. The highest BCUT2D eigenvalue weighted by atomic mass is 16.4. The Kier molecular flexibility index (Phi) is 3.44. The molecule has 3 rings (SSSR count). The van der Waals surface area contributed by atoms with Crippen molar-refractivity contribution in [1.29, 1.82) is 0 Å². The van der Waals surface area contributed by atoms with E-state index in [1.54, 1.807) is 0 Å². The summed E-state index contributed by atoms with van der Waals surface area (Å²) in [4.78, 5) is 24.5. The molecule has 0 spiro atoms. The minimum atomic E-state index is -0.919. The van der Waals surface area contributed by atoms with Gasteiger partial charge < -0.3 is 10.0 Å². The summed E-state index contributed by atoms with van der Waals surface area (Å²) in [5.74, 6) is -1.68. The zero-order valence-electron chi connectivity index (χ0n) is 12.5. The number of carboxylic acid groups (broad SMARTS) is 1. The van der Waals surface area contributed by atoms with Gasteiger partial charge >= 0.3 is 5.97 Å². The van der Waals surface area contributed by atoms with Crippen molar-refractivity contribution in [3.8, 4) is 11.1 Å². The molecule has 1 aromatic carbocycles. The number of anilines is 1. The number of aliphatic carboxylic acids is 1. The topological polar surface area (TPSA) is 86.3 Å². The first kappa shape index (κ1) is 14.3. The predicted molar refractivity (Wildman–Crippen MR) is 81.6 cm³/mol. The largest absolute Gasteiger partial charge is 0.481 e. The van der Waals surface area contributed by atoms with Gasteiger partial charge in [-0.1, -0.05) is 12.1 Å². The Morgan fingerprint density at radius 2 is 2.00 bits per heavy atom. The van der Waals surface area contributed by atoms with Gasteiger partial charge in [0.1, 0.15) is 0 Å². The second kappa shape index (κ2) is 5.29. The smallest absolute Gasteiger partial charge is 0.308 e. The highest BCUT2D eigenvalue weighted by Crippen LogP contribution is 2.30. The number of benzene rings is 1. The number of nitrogens with zero attached hydrogens (tertiary/aromatic N) is 2. The summed E-state index contributed by atoms with van der Waals surface area (Å²) in [7, 11) is 0. The second-order valence-electron chi connectivity index (χ2n) is 5.60. The van der Waals surface area contributed by atoms with E-state index in [9.17, 15) is 9.59 Å². The number of carbonyl (C=O) groups is 2. The van der Waals surface area contributed by atoms with Gasteiger partial charge in [-0.3, -0.25) is 14.7 Å². The quantitative estimate of drug-likeness (QED) is 0.909. The molecule has 1 amide bonds. The van der Waals surface area contributed by atoms with E-state index in [-0.39, 0.29) is 18.9 Å². The Balaban J connectivity index is 1.86. The van der Waals surface area contributed by atoms with Gasteiger partial charge in [0.15, 0.2) is 0 Å². The lowest BCUT2D eigenvalue weighted by molar-refractivity contribution is -0.141. The van der Waals surface area contributed by atoms with Crippen LogP contribution >= 0.6 is 0 Å². The van der Waals surface area contributed by atoms with Crippen LogP contribution in [0.1, 0.15) is 17.8 Å². The molecule has 0 bridgehead atoms. The molecule has 2 heterocycles. The van der Waals surface area contributed by atoms with E-state index in [4.69, 9.17) is 5.11 Å². The molecule has 2 aromatic rings. The molecule has 2 N–H and O–H groups in total. The highest BCUT2D eigenvalue weighted by Gasteiger charge is 2.34. The molecule has 0 radical (unpaired) electrons. The van der Waals surface area contributed by atoms with Crippen LogP contribution in [0.4, 0.5) is 5.69 Å². The fourth-order valence-electron chi connectivity index (χ4n) is 2.91. The lowest BCUT2D eigenvalue weighted by atomic mass is 10.0. The molecular weight excluding hydrogens is 282 g/mol. The summed E-state index contributed by atoms with van der Waals surface area (Å²) in [6.45, 7) is 4.14. The molecular formula is C16H17N3O3. The number of aromatic amines is 1. The first-order valence-corrected chi connectivity index (χ1v) is 7.12. The van der Waals surface area contributed by atoms with Gasteiger partial charge in [-0.2, -0.15) is 5.10 Å². The van der Waals surface area contributed by atoms with E-state index < -0.39 is 11.9 Å². The van der Waals surface area contributed by atoms with Crippen molar-refractivity contribution >= 4 is 17.6 Å². The number of amides is 1. The summed E-state index contributed by atoms with van der Waals surface area (Å²) in [6.07, 6.45) is 0.0665. The summed E-state index contributed by atoms with van der Waals surface area (Å²) in [5.41, 5.74) is 4.73. The van der Waals surface area contributed by atoms with Gasteiger partial charge in [-0.05, 0) is 31.5 Å². The standard InChI is InChI=1S/C16H17N3O3/c1-9-15(10(2)18-17-9)11-3-5-13(6-4-11)19-8-12(16(21)22)7-14(19)20/h3-6,12H,7-8H2,1-2H3,(H,17,18)(H,21,22). The zero-order valence-corrected chi connectivity index (χ0v) is 12.5. The Labute approximate surface area is 127 Å². The third-order valence-corrected chi connectivity index (χ3v) is 4.07. The minimum absolute atomic E-state index is 0.0665. The van der Waals surface area contributed by atoms with Crippen LogP contribution in [0.25, 0.3) is 11.1 Å². The molecule has 1 aliphatic rings. The molecule has 0 saturated carbocycles. The number of H-pyrrole nitrogens is 1. The van der Waals surface area contributed by atoms with Crippen LogP contribution < -0.4 is 4.90 Å². The van der Waals surface area contributed by atoms with Crippen LogP contribution in [0.15, 0.2) is 24.3 Å². The fraction of sp³-hybridized carbons (Fsp3) is 0.312. The Morgan fingerprint density at radius 3 is 2.50 bits per heavy atom. The maximum Gasteiger partial charge on any atom is 0.308 e. The number of hydrogen-bond donors (Lipinski definition) is 2. The molecule has 1 fully saturated rings. The van der Waals surface area contributed by atoms with E-state index in [1.165, 1.54) is 4.90 Å². The SMILES string of the molecule is Cc1n[nH]c(C)c1-c1ccc(N2CC(C(=O)O)CC2=O)cc1. The van der Waals surface area contributed by atoms with Crippen molar-refractivity contribution in [2.75, 3.05) is 11.4 Å². The third kappa shape index (κ3) is 2.36. The molecule has 1 aliphatic heterocycles. The highest BCUT2D eigenvalue weighted by molar-refractivity contribution is 5.99. The number of aryl methyl sites for hydroxylation is 2. The van der Waals surface area contributed by atoms with Crippen molar-refractivity contribution < 1.29 is 14.7 Å². The van der Waals surface area contributed by atoms with Gasteiger partial charge in [-0.25, -0.2) is 0 Å². The van der Waals surface area contributed by atoms with Gasteiger partial charge in [-0.15, -0.1) is 0 Å². The predicted octanol–water partition coefficient (Wildman–Crippen LogP) is 2.13. The number of rotatable bonds is 3. The molecule has 1 atom stereocenters. The van der Waals surface area contributed by atoms with Crippen molar-refractivity contribution in [3.05, 3.63) is 35.7 Å². The molecule has 1 unspecified atom stereocenters. The second-order valence-corrected chi connectivity index (χ2v) is 5.60. The van der Waals surface area contributed by atoms with Crippen LogP contribution in [-0.2, 0) is 9.59 Å². The van der Waals surface area contributed by atoms with E-state index in [2.05, 4.69) is 10.2 Å². The summed E-state index contributed by atoms with van der Waals surface area (Å²) < 4.78 is 0. The summed E-state index contributed by atoms with van der Waals surface area (Å²) >= 11 is 0. The van der Waals surface area contributed by atoms with Crippen LogP contribution in [0.3, 0.4) is 0 Å². The monoisotopic (exact) mass is 299 g/mol. The molecule has 6 heteroatoms. The van der Waals surface area contributed by atoms with Crippen molar-refractivity contribution in [3.63, 3.8) is 0 Å². The lowest BCUT2D eigenvalue weighted by Crippen LogP contribution is -2.25. The normalized spacial score (nSPS) is 18.0. The number of hydrogen-bond acceptors (Lipinski definition) is 3. The Hall–Kier alpha value is -2.63. The average molecular weight is 299 g/mol. The maximum absolute atomic E-state index is 12.0. The third-order valence-electron chi connectivity index (χ3n) is 4.07. The van der Waals surface area contributed by atoms with E-state index in [1.807, 2.05) is 38.1 Å². The number of aromatic nitrogens is 2. The minimum Gasteiger partial charge on any atom is -0.481 e. The summed E-state index contributed by atoms with van der Waals surface area (Å²) in [5, 5.41) is 16.2. The van der Waals surface area contributed by atoms with Crippen molar-refractivity contribution in [1.82, 2.24) is 10.2 Å². The molecule has 114 valence electrons. The fourth-order valence-corrected chi connectivity index (χ4v) is 2.91. The van der Waals surface area contributed by atoms with Gasteiger partial charge in [0, 0.05) is 29.9 Å². The first-order chi connectivity index (χ1) is 10.5. The van der Waals surface area contributed by atoms with Crippen LogP contribution in [0, 0.1) is 19.8 Å². The number of nitrogens with one attached hydrogen (secondary N) is 1. The van der Waals surface area contributed by atoms with Crippen LogP contribution in [-0.4, -0.2) is 33.7 Å². The van der Waals surface area contributed by atoms with E-state index in [0.29, 0.717) is 0 Å². The first-order valence-electron chi connectivity index (χ1n) is 7.12. The average Bonchev–Trinajstić information content (AvgIpc) is 3.03. The van der Waals surface area contributed by atoms with Gasteiger partial charge in [0.05, 0.1) is 11.6 Å². The molecule has 1 aromatic heterocycles. The molecule has 22 heavy (non-hydrogen) atoms. The Morgan fingerprint density at radius 1 is 1.32 bits per heavy atom. The molecule has 0 aliphatic carbocycles. The van der Waals surface area contributed by atoms with Gasteiger partial charge in [0.2, 0.25) is 5.91 Å². The van der Waals surface area contributed by atoms with Crippen LogP contribution in [0.5, 0.6) is 0 Å². The zero-order chi connectivity index (χ0) is 15.9. The van der Waals surface area contributed by atoms with E-state index in [0.717, 1.165) is 28.2 Å². The van der Waals surface area contributed by atoms with Crippen molar-refractivity contribution in [2.24, 2.45) is 5.92 Å². The number of carbonyl (C=O) groups excluding carboxylic acids is 1. The van der Waals surface area contributed by atoms with Crippen molar-refractivity contribution in [2.45, 2.75) is 20.3 Å². The molecule has 6 nitrogen and oxygen atoms in total. The molecule has 1 saturated heterocycles. The van der Waals surface area contributed by atoms with E-state index >= 15 is 0 Å².